The lowest BCUT2D eigenvalue weighted by Crippen LogP contribution is -2.28. The van der Waals surface area contributed by atoms with Gasteiger partial charge in [-0.2, -0.15) is 5.26 Å². The summed E-state index contributed by atoms with van der Waals surface area (Å²) in [5.41, 5.74) is 15.8. The monoisotopic (exact) mass is 641 g/mol. The topological polar surface area (TPSA) is 49.6 Å². The van der Waals surface area contributed by atoms with Gasteiger partial charge in [-0.05, 0) is 75.5 Å². The molecule has 1 aromatic heterocycles. The summed E-state index contributed by atoms with van der Waals surface area (Å²) in [7, 11) is 0. The van der Waals surface area contributed by atoms with Gasteiger partial charge < -0.3 is 0 Å². The Balaban J connectivity index is 1.12. The van der Waals surface area contributed by atoms with E-state index in [-0.39, 0.29) is 5.41 Å². The van der Waals surface area contributed by atoms with Gasteiger partial charge in [0.1, 0.15) is 0 Å². The molecule has 3 heteroatoms. The van der Waals surface area contributed by atoms with Crippen LogP contribution in [0.2, 0.25) is 0 Å². The number of rotatable bonds is 5. The second kappa shape index (κ2) is 12.4. The maximum atomic E-state index is 9.78. The molecule has 0 unspecified atom stereocenters. The smallest absolute Gasteiger partial charge is 0.160 e. The Bertz CT molecular complexity index is 2380. The van der Waals surface area contributed by atoms with E-state index in [4.69, 9.17) is 9.97 Å². The Morgan fingerprint density at radius 2 is 1.02 bits per heavy atom. The Labute approximate surface area is 293 Å². The molecule has 0 amide bonds. The largest absolute Gasteiger partial charge is 0.228 e. The third kappa shape index (κ3) is 5.13. The van der Waals surface area contributed by atoms with E-state index >= 15 is 0 Å². The second-order valence-electron chi connectivity index (χ2n) is 13.6. The molecule has 1 heterocycles. The van der Waals surface area contributed by atoms with Gasteiger partial charge in [-0.25, -0.2) is 9.97 Å². The van der Waals surface area contributed by atoms with Gasteiger partial charge in [-0.1, -0.05) is 153 Å². The molecule has 1 fully saturated rings. The standard InChI is InChI=1S/C47H35N3/c48-31-32-17-26-40-41-16-10-15-39(45(41)47(42(40)29-32)27-8-3-9-28-47)35-20-24-37(25-21-35)44-30-43(49-46(50-44)38-13-6-2-7-14-38)36-22-18-34(19-23-36)33-11-4-1-5-12-33/h1-2,4-7,10-26,29-30H,3,8-9,27-28H2. The van der Waals surface area contributed by atoms with Crippen LogP contribution in [-0.2, 0) is 5.41 Å². The van der Waals surface area contributed by atoms with Crippen molar-refractivity contribution >= 4 is 0 Å². The molecule has 2 aliphatic rings. The summed E-state index contributed by atoms with van der Waals surface area (Å²) in [6, 6.07) is 55.8. The number of aromatic nitrogens is 2. The van der Waals surface area contributed by atoms with E-state index in [0.717, 1.165) is 46.5 Å². The van der Waals surface area contributed by atoms with Gasteiger partial charge in [0.15, 0.2) is 5.82 Å². The van der Waals surface area contributed by atoms with Gasteiger partial charge in [0.25, 0.3) is 0 Å². The van der Waals surface area contributed by atoms with Crippen LogP contribution in [0, 0.1) is 11.3 Å². The van der Waals surface area contributed by atoms with E-state index in [1.54, 1.807) is 0 Å². The zero-order chi connectivity index (χ0) is 33.5. The summed E-state index contributed by atoms with van der Waals surface area (Å²) in [6.07, 6.45) is 5.92. The molecular weight excluding hydrogens is 607 g/mol. The van der Waals surface area contributed by atoms with Crippen molar-refractivity contribution in [3.63, 3.8) is 0 Å². The first kappa shape index (κ1) is 30.0. The van der Waals surface area contributed by atoms with Gasteiger partial charge in [0, 0.05) is 22.1 Å². The summed E-state index contributed by atoms with van der Waals surface area (Å²) in [5, 5.41) is 9.78. The van der Waals surface area contributed by atoms with E-state index in [9.17, 15) is 5.26 Å². The molecule has 0 atom stereocenters. The lowest BCUT2D eigenvalue weighted by Gasteiger charge is -2.37. The fraction of sp³-hybridized carbons (Fsp3) is 0.128. The van der Waals surface area contributed by atoms with Crippen molar-refractivity contribution in [1.29, 1.82) is 5.26 Å². The third-order valence-electron chi connectivity index (χ3n) is 10.7. The van der Waals surface area contributed by atoms with Crippen LogP contribution in [-0.4, -0.2) is 9.97 Å². The van der Waals surface area contributed by atoms with Crippen LogP contribution in [0.15, 0.2) is 152 Å². The van der Waals surface area contributed by atoms with E-state index < -0.39 is 0 Å². The maximum Gasteiger partial charge on any atom is 0.160 e. The first-order valence-electron chi connectivity index (χ1n) is 17.6. The van der Waals surface area contributed by atoms with Crippen molar-refractivity contribution in [2.45, 2.75) is 37.5 Å². The van der Waals surface area contributed by atoms with Crippen molar-refractivity contribution < 1.29 is 0 Å². The number of benzene rings is 6. The fourth-order valence-corrected chi connectivity index (χ4v) is 8.33. The first-order valence-corrected chi connectivity index (χ1v) is 17.6. The summed E-state index contributed by atoms with van der Waals surface area (Å²) in [6.45, 7) is 0. The summed E-state index contributed by atoms with van der Waals surface area (Å²) in [4.78, 5) is 10.2. The highest BCUT2D eigenvalue weighted by molar-refractivity contribution is 5.89. The predicted octanol–water partition coefficient (Wildman–Crippen LogP) is 11.9. The molecule has 1 spiro atoms. The summed E-state index contributed by atoms with van der Waals surface area (Å²) in [5.74, 6) is 0.712. The Morgan fingerprint density at radius 1 is 0.460 bits per heavy atom. The Morgan fingerprint density at radius 3 is 1.66 bits per heavy atom. The average molecular weight is 642 g/mol. The van der Waals surface area contributed by atoms with E-state index in [0.29, 0.717) is 5.82 Å². The molecule has 1 saturated carbocycles. The molecule has 3 nitrogen and oxygen atoms in total. The second-order valence-corrected chi connectivity index (χ2v) is 13.6. The summed E-state index contributed by atoms with van der Waals surface area (Å²) >= 11 is 0. The highest BCUT2D eigenvalue weighted by Gasteiger charge is 2.45. The van der Waals surface area contributed by atoms with E-state index in [1.807, 2.05) is 30.3 Å². The molecule has 2 aliphatic carbocycles. The molecule has 238 valence electrons. The Hall–Kier alpha value is -6.11. The van der Waals surface area contributed by atoms with Crippen LogP contribution in [0.5, 0.6) is 0 Å². The minimum Gasteiger partial charge on any atom is -0.228 e. The summed E-state index contributed by atoms with van der Waals surface area (Å²) < 4.78 is 0. The molecule has 9 rings (SSSR count). The number of fused-ring (bicyclic) bond motifs is 5. The molecule has 50 heavy (non-hydrogen) atoms. The predicted molar refractivity (Wildman–Crippen MR) is 203 cm³/mol. The van der Waals surface area contributed by atoms with Crippen molar-refractivity contribution in [3.8, 4) is 73.4 Å². The molecular formula is C47H35N3. The van der Waals surface area contributed by atoms with Crippen LogP contribution >= 0.6 is 0 Å². The van der Waals surface area contributed by atoms with Crippen LogP contribution < -0.4 is 0 Å². The Kier molecular flexibility index (Phi) is 7.44. The minimum atomic E-state index is -0.0484. The van der Waals surface area contributed by atoms with Gasteiger partial charge in [-0.3, -0.25) is 0 Å². The van der Waals surface area contributed by atoms with Crippen LogP contribution in [0.1, 0.15) is 48.8 Å². The van der Waals surface area contributed by atoms with Gasteiger partial charge in [0.05, 0.1) is 23.0 Å². The minimum absolute atomic E-state index is 0.0484. The molecule has 7 aromatic rings. The third-order valence-corrected chi connectivity index (χ3v) is 10.7. The van der Waals surface area contributed by atoms with E-state index in [2.05, 4.69) is 127 Å². The highest BCUT2D eigenvalue weighted by Crippen LogP contribution is 2.58. The lowest BCUT2D eigenvalue weighted by atomic mass is 9.66. The SMILES string of the molecule is N#Cc1ccc2c(c1)C1(CCCCC1)c1c(-c3ccc(-c4cc(-c5ccc(-c6ccccc6)cc5)nc(-c5ccccc5)n4)cc3)cccc1-2. The lowest BCUT2D eigenvalue weighted by molar-refractivity contribution is 0.353. The van der Waals surface area contributed by atoms with Gasteiger partial charge in [-0.15, -0.1) is 0 Å². The molecule has 0 saturated heterocycles. The normalized spacial score (nSPS) is 14.1. The quantitative estimate of drug-likeness (QED) is 0.188. The molecule has 0 N–H and O–H groups in total. The van der Waals surface area contributed by atoms with Crippen LogP contribution in [0.4, 0.5) is 0 Å². The number of nitriles is 1. The zero-order valence-electron chi connectivity index (χ0n) is 27.8. The number of hydrogen-bond donors (Lipinski definition) is 0. The van der Waals surface area contributed by atoms with Crippen molar-refractivity contribution in [2.75, 3.05) is 0 Å². The molecule has 0 radical (unpaired) electrons. The van der Waals surface area contributed by atoms with Gasteiger partial charge >= 0.3 is 0 Å². The van der Waals surface area contributed by atoms with Gasteiger partial charge in [0.2, 0.25) is 0 Å². The average Bonchev–Trinajstić information content (AvgIpc) is 3.46. The number of hydrogen-bond acceptors (Lipinski definition) is 3. The molecule has 0 aliphatic heterocycles. The van der Waals surface area contributed by atoms with Crippen molar-refractivity contribution in [3.05, 3.63) is 168 Å². The number of nitrogens with zero attached hydrogens (tertiary/aromatic N) is 3. The van der Waals surface area contributed by atoms with Crippen LogP contribution in [0.3, 0.4) is 0 Å². The van der Waals surface area contributed by atoms with E-state index in [1.165, 1.54) is 63.8 Å². The first-order chi connectivity index (χ1) is 24.7. The highest BCUT2D eigenvalue weighted by atomic mass is 14.9. The van der Waals surface area contributed by atoms with Crippen molar-refractivity contribution in [2.24, 2.45) is 0 Å². The van der Waals surface area contributed by atoms with Crippen molar-refractivity contribution in [1.82, 2.24) is 9.97 Å². The zero-order valence-corrected chi connectivity index (χ0v) is 27.8. The fourth-order valence-electron chi connectivity index (χ4n) is 8.33. The maximum absolute atomic E-state index is 9.78. The van der Waals surface area contributed by atoms with Crippen LogP contribution in [0.25, 0.3) is 67.3 Å². The molecule has 6 aromatic carbocycles. The molecule has 0 bridgehead atoms.